The third-order valence-electron chi connectivity index (χ3n) is 4.67. The lowest BCUT2D eigenvalue weighted by Gasteiger charge is -2.29. The number of fused-ring (bicyclic) bond motifs is 1. The van der Waals surface area contributed by atoms with Crippen LogP contribution in [0.1, 0.15) is 42.6 Å². The average molecular weight is 423 g/mol. The lowest BCUT2D eigenvalue weighted by atomic mass is 9.72. The van der Waals surface area contributed by atoms with Crippen molar-refractivity contribution in [1.82, 2.24) is 5.32 Å². The Labute approximate surface area is 174 Å². The normalized spacial score (nSPS) is 15.3. The van der Waals surface area contributed by atoms with Gasteiger partial charge in [0.1, 0.15) is 11.3 Å². The Morgan fingerprint density at radius 3 is 2.69 bits per heavy atom. The molecule has 0 aromatic heterocycles. The van der Waals surface area contributed by atoms with E-state index in [2.05, 4.69) is 5.32 Å². The molecule has 0 unspecified atom stereocenters. The van der Waals surface area contributed by atoms with Crippen molar-refractivity contribution >= 4 is 36.7 Å². The average Bonchev–Trinajstić information content (AvgIpc) is 2.69. The van der Waals surface area contributed by atoms with Crippen molar-refractivity contribution in [1.29, 1.82) is 0 Å². The van der Waals surface area contributed by atoms with Gasteiger partial charge < -0.3 is 24.5 Å². The van der Waals surface area contributed by atoms with E-state index >= 15 is 0 Å². The molecule has 1 heterocycles. The quantitative estimate of drug-likeness (QED) is 0.350. The molecule has 0 saturated carbocycles. The summed E-state index contributed by atoms with van der Waals surface area (Å²) in [7, 11) is -1.30. The van der Waals surface area contributed by atoms with Gasteiger partial charge in [-0.25, -0.2) is 4.79 Å². The summed E-state index contributed by atoms with van der Waals surface area (Å²) < 4.78 is 15.6. The van der Waals surface area contributed by atoms with Crippen molar-refractivity contribution < 1.29 is 33.5 Å². The molecule has 0 bridgehead atoms. The Morgan fingerprint density at radius 2 is 2.03 bits per heavy atom. The maximum Gasteiger partial charge on any atom is 0.547 e. The van der Waals surface area contributed by atoms with Gasteiger partial charge in [0.15, 0.2) is 0 Å². The van der Waals surface area contributed by atoms with E-state index in [0.29, 0.717) is 24.8 Å². The zero-order valence-corrected chi connectivity index (χ0v) is 17.6. The highest BCUT2D eigenvalue weighted by Gasteiger charge is 2.37. The Hall–Kier alpha value is -2.20. The van der Waals surface area contributed by atoms with Crippen LogP contribution in [0.15, 0.2) is 18.2 Å². The first-order valence-corrected chi connectivity index (χ1v) is 10.9. The van der Waals surface area contributed by atoms with Crippen molar-refractivity contribution in [2.24, 2.45) is 5.92 Å². The summed E-state index contributed by atoms with van der Waals surface area (Å²) in [6, 6.07) is 4.91. The molecule has 0 spiro atoms. The van der Waals surface area contributed by atoms with E-state index in [1.165, 1.54) is 17.8 Å². The Balaban J connectivity index is 2.01. The fraction of sp³-hybridized carbons (Fsp3) is 0.526. The van der Waals surface area contributed by atoms with Crippen LogP contribution in [0.4, 0.5) is 0 Å². The number of carbonyl (C=O) groups is 3. The van der Waals surface area contributed by atoms with Gasteiger partial charge in [-0.15, -0.1) is 0 Å². The van der Waals surface area contributed by atoms with E-state index in [9.17, 15) is 19.4 Å². The van der Waals surface area contributed by atoms with Crippen LogP contribution < -0.4 is 9.97 Å². The highest BCUT2D eigenvalue weighted by molar-refractivity contribution is 7.99. The van der Waals surface area contributed by atoms with E-state index in [0.717, 1.165) is 0 Å². The number of benzene rings is 1. The number of hydrogen-bond acceptors (Lipinski definition) is 8. The molecule has 0 radical (unpaired) electrons. The molecule has 1 aromatic carbocycles. The van der Waals surface area contributed by atoms with Gasteiger partial charge in [0.05, 0.1) is 17.6 Å². The number of thioether (sulfide) groups is 1. The lowest BCUT2D eigenvalue weighted by Crippen LogP contribution is -2.53. The number of amides is 1. The summed E-state index contributed by atoms with van der Waals surface area (Å²) in [5, 5.41) is 13.0. The predicted octanol–water partition coefficient (Wildman–Crippen LogP) is 1.58. The molecule has 0 aliphatic carbocycles. The molecular formula is C19H26BNO7S. The molecule has 0 saturated heterocycles. The van der Waals surface area contributed by atoms with Gasteiger partial charge in [-0.3, -0.25) is 9.59 Å². The van der Waals surface area contributed by atoms with Crippen molar-refractivity contribution in [3.8, 4) is 5.75 Å². The second-order valence-electron chi connectivity index (χ2n) is 6.64. The lowest BCUT2D eigenvalue weighted by molar-refractivity contribution is -0.157. The molecule has 8 nitrogen and oxygen atoms in total. The smallest absolute Gasteiger partial charge is 0.534 e. The first-order chi connectivity index (χ1) is 13.9. The van der Waals surface area contributed by atoms with Gasteiger partial charge in [0.25, 0.3) is 0 Å². The minimum Gasteiger partial charge on any atom is -0.534 e. The minimum absolute atomic E-state index is 0.119. The highest BCUT2D eigenvalue weighted by Crippen LogP contribution is 2.30. The Bertz CT molecular complexity index is 741. The van der Waals surface area contributed by atoms with Crippen molar-refractivity contribution in [2.75, 3.05) is 18.8 Å². The third-order valence-corrected chi connectivity index (χ3v) is 5.22. The summed E-state index contributed by atoms with van der Waals surface area (Å²) in [5.41, 5.74) is 0.780. The van der Waals surface area contributed by atoms with Gasteiger partial charge in [0.2, 0.25) is 12.7 Å². The summed E-state index contributed by atoms with van der Waals surface area (Å²) in [5.74, 6) is -1.71. The second kappa shape index (κ2) is 11.1. The molecule has 29 heavy (non-hydrogen) atoms. The maximum atomic E-state index is 12.4. The zero-order chi connectivity index (χ0) is 21.4. The molecule has 1 amide bonds. The number of nitrogens with one attached hydrogen (secondary N) is 1. The molecule has 1 aromatic rings. The van der Waals surface area contributed by atoms with E-state index in [1.807, 2.05) is 20.1 Å². The zero-order valence-electron chi connectivity index (χ0n) is 16.8. The van der Waals surface area contributed by atoms with Gasteiger partial charge in [-0.2, -0.15) is 11.8 Å². The van der Waals surface area contributed by atoms with Crippen LogP contribution in [0, 0.1) is 5.92 Å². The summed E-state index contributed by atoms with van der Waals surface area (Å²) >= 11 is 1.37. The number of rotatable bonds is 9. The largest absolute Gasteiger partial charge is 0.547 e. The number of esters is 2. The molecule has 1 aliphatic rings. The summed E-state index contributed by atoms with van der Waals surface area (Å²) in [4.78, 5) is 36.1. The fourth-order valence-corrected chi connectivity index (χ4v) is 3.39. The van der Waals surface area contributed by atoms with E-state index in [-0.39, 0.29) is 28.9 Å². The SMILES string of the molecule is CCC(CC)C(=O)OCOC(=O)c1cccc2c1OB(O)[C@@H](NC(=O)CSC)C2. The van der Waals surface area contributed by atoms with Crippen LogP contribution in [0.2, 0.25) is 0 Å². The van der Waals surface area contributed by atoms with Crippen LogP contribution in [-0.2, 0) is 25.5 Å². The van der Waals surface area contributed by atoms with E-state index in [4.69, 9.17) is 14.1 Å². The van der Waals surface area contributed by atoms with E-state index < -0.39 is 31.8 Å². The van der Waals surface area contributed by atoms with Crippen LogP contribution in [0.25, 0.3) is 0 Å². The number of carbonyl (C=O) groups excluding carboxylic acids is 3. The van der Waals surface area contributed by atoms with Crippen LogP contribution in [-0.4, -0.2) is 54.7 Å². The molecular weight excluding hydrogens is 397 g/mol. The predicted molar refractivity (Wildman–Crippen MR) is 110 cm³/mol. The molecule has 2 N–H and O–H groups in total. The summed E-state index contributed by atoms with van der Waals surface area (Å²) in [6.07, 6.45) is 3.41. The third kappa shape index (κ3) is 6.14. The highest BCUT2D eigenvalue weighted by atomic mass is 32.2. The van der Waals surface area contributed by atoms with Gasteiger partial charge in [-0.05, 0) is 37.1 Å². The molecule has 2 rings (SSSR count). The van der Waals surface area contributed by atoms with Gasteiger partial charge in [0, 0.05) is 0 Å². The molecule has 158 valence electrons. The molecule has 0 fully saturated rings. The van der Waals surface area contributed by atoms with Crippen molar-refractivity contribution in [3.05, 3.63) is 29.3 Å². The van der Waals surface area contributed by atoms with Crippen LogP contribution >= 0.6 is 11.8 Å². The number of hydrogen-bond donors (Lipinski definition) is 2. The summed E-state index contributed by atoms with van der Waals surface area (Å²) in [6.45, 7) is 3.28. The van der Waals surface area contributed by atoms with Crippen molar-refractivity contribution in [3.63, 3.8) is 0 Å². The van der Waals surface area contributed by atoms with Crippen LogP contribution in [0.5, 0.6) is 5.75 Å². The first-order valence-electron chi connectivity index (χ1n) is 9.49. The fourth-order valence-electron chi connectivity index (χ4n) is 3.05. The second-order valence-corrected chi connectivity index (χ2v) is 7.51. The van der Waals surface area contributed by atoms with Crippen LogP contribution in [0.3, 0.4) is 0 Å². The Kier molecular flexibility index (Phi) is 8.84. The molecule has 10 heteroatoms. The monoisotopic (exact) mass is 423 g/mol. The molecule has 1 aliphatic heterocycles. The van der Waals surface area contributed by atoms with Gasteiger partial charge >= 0.3 is 19.1 Å². The molecule has 1 atom stereocenters. The maximum absolute atomic E-state index is 12.4. The number of ether oxygens (including phenoxy) is 2. The number of para-hydroxylation sites is 1. The standard InChI is InChI=1S/C19H26BNO7S/c1-4-12(5-2)18(23)26-11-27-19(24)14-8-6-7-13-9-15(20(25)28-17(13)14)21-16(22)10-29-3/h6-8,12,15,25H,4-5,9-11H2,1-3H3,(H,21,22)/t15-/m0/s1. The van der Waals surface area contributed by atoms with Gasteiger partial charge in [-0.1, -0.05) is 26.0 Å². The van der Waals surface area contributed by atoms with Crippen molar-refractivity contribution in [2.45, 2.75) is 39.1 Å². The topological polar surface area (TPSA) is 111 Å². The first kappa shape index (κ1) is 23.1. The Morgan fingerprint density at radius 1 is 1.31 bits per heavy atom. The van der Waals surface area contributed by atoms with E-state index in [1.54, 1.807) is 12.1 Å². The minimum atomic E-state index is -1.30.